The second-order valence-corrected chi connectivity index (χ2v) is 8.52. The molecule has 3 rings (SSSR count). The van der Waals surface area contributed by atoms with E-state index in [9.17, 15) is 9.59 Å². The molecule has 6 nitrogen and oxygen atoms in total. The molecule has 1 heterocycles. The first kappa shape index (κ1) is 24.2. The summed E-state index contributed by atoms with van der Waals surface area (Å²) in [5, 5.41) is 3.18. The quantitative estimate of drug-likeness (QED) is 0.368. The third-order valence-corrected chi connectivity index (χ3v) is 6.04. The molecule has 174 valence electrons. The van der Waals surface area contributed by atoms with Gasteiger partial charge in [-0.1, -0.05) is 44.7 Å². The van der Waals surface area contributed by atoms with E-state index in [-0.39, 0.29) is 30.3 Å². The Kier molecular flexibility index (Phi) is 9.47. The Morgan fingerprint density at radius 3 is 2.56 bits per heavy atom. The molecule has 1 saturated carbocycles. The summed E-state index contributed by atoms with van der Waals surface area (Å²) in [5.41, 5.74) is 0.714. The normalized spacial score (nSPS) is 15.2. The molecule has 0 bridgehead atoms. The maximum atomic E-state index is 13.5. The van der Waals surface area contributed by atoms with Crippen LogP contribution in [0, 0.1) is 0 Å². The van der Waals surface area contributed by atoms with Gasteiger partial charge in [-0.15, -0.1) is 11.6 Å². The predicted octanol–water partition coefficient (Wildman–Crippen LogP) is 5.22. The zero-order chi connectivity index (χ0) is 22.8. The lowest BCUT2D eigenvalue weighted by molar-refractivity contribution is -0.140. The standard InChI is InChI=1S/C25H33ClN2O4/c1-2-3-15-31-21-13-11-19(12-14-21)24(25(30)27-20-8-5-4-6-9-20)28(23(29)17-26)18-22-10-7-16-32-22/h7,10-14,16,20,24H,2-6,8-9,15,17-18H2,1H3,(H,27,30)/t24-/m1/s1. The number of alkyl halides is 1. The van der Waals surface area contributed by atoms with Gasteiger partial charge in [0.15, 0.2) is 0 Å². The maximum Gasteiger partial charge on any atom is 0.247 e. The number of carbonyl (C=O) groups is 2. The molecule has 0 spiro atoms. The van der Waals surface area contributed by atoms with Crippen molar-refractivity contribution >= 4 is 23.4 Å². The second kappa shape index (κ2) is 12.5. The smallest absolute Gasteiger partial charge is 0.247 e. The Labute approximate surface area is 195 Å². The lowest BCUT2D eigenvalue weighted by Crippen LogP contribution is -2.47. The van der Waals surface area contributed by atoms with E-state index in [1.54, 1.807) is 18.4 Å². The minimum atomic E-state index is -0.807. The number of furan rings is 1. The van der Waals surface area contributed by atoms with Crippen molar-refractivity contribution in [2.24, 2.45) is 0 Å². The Bertz CT molecular complexity index is 832. The van der Waals surface area contributed by atoms with Gasteiger partial charge in [-0.05, 0) is 49.1 Å². The number of nitrogens with one attached hydrogen (secondary N) is 1. The van der Waals surface area contributed by atoms with Gasteiger partial charge in [0.25, 0.3) is 0 Å². The van der Waals surface area contributed by atoms with Gasteiger partial charge >= 0.3 is 0 Å². The molecule has 0 radical (unpaired) electrons. The van der Waals surface area contributed by atoms with Crippen molar-refractivity contribution in [3.8, 4) is 5.75 Å². The summed E-state index contributed by atoms with van der Waals surface area (Å²) >= 11 is 5.94. The summed E-state index contributed by atoms with van der Waals surface area (Å²) in [4.78, 5) is 27.8. The largest absolute Gasteiger partial charge is 0.494 e. The van der Waals surface area contributed by atoms with Crippen molar-refractivity contribution in [3.05, 3.63) is 54.0 Å². The molecular formula is C25H33ClN2O4. The molecule has 1 aromatic heterocycles. The molecule has 1 aromatic carbocycles. The molecule has 1 N–H and O–H groups in total. The van der Waals surface area contributed by atoms with Crippen LogP contribution in [0.4, 0.5) is 0 Å². The van der Waals surface area contributed by atoms with E-state index in [0.717, 1.165) is 44.3 Å². The van der Waals surface area contributed by atoms with Crippen molar-refractivity contribution in [2.75, 3.05) is 12.5 Å². The SMILES string of the molecule is CCCCOc1ccc([C@H](C(=O)NC2CCCCC2)N(Cc2ccco2)C(=O)CCl)cc1. The van der Waals surface area contributed by atoms with Gasteiger partial charge in [0, 0.05) is 6.04 Å². The summed E-state index contributed by atoms with van der Waals surface area (Å²) in [6.07, 6.45) is 8.93. The van der Waals surface area contributed by atoms with Crippen LogP contribution in [0.2, 0.25) is 0 Å². The molecule has 1 aliphatic carbocycles. The number of halogens is 1. The summed E-state index contributed by atoms with van der Waals surface area (Å²) in [5.74, 6) is 0.608. The van der Waals surface area contributed by atoms with Crippen molar-refractivity contribution in [3.63, 3.8) is 0 Å². The van der Waals surface area contributed by atoms with Crippen molar-refractivity contribution in [1.82, 2.24) is 10.2 Å². The van der Waals surface area contributed by atoms with Gasteiger partial charge in [-0.3, -0.25) is 9.59 Å². The highest BCUT2D eigenvalue weighted by Gasteiger charge is 2.33. The highest BCUT2D eigenvalue weighted by atomic mass is 35.5. The average Bonchev–Trinajstić information content (AvgIpc) is 3.33. The third kappa shape index (κ3) is 6.76. The lowest BCUT2D eigenvalue weighted by atomic mass is 9.94. The number of ether oxygens (including phenoxy) is 1. The number of unbranched alkanes of at least 4 members (excludes halogenated alkanes) is 1. The van der Waals surface area contributed by atoms with Crippen LogP contribution in [0.25, 0.3) is 0 Å². The second-order valence-electron chi connectivity index (χ2n) is 8.25. The first-order valence-corrected chi connectivity index (χ1v) is 12.1. The number of hydrogen-bond acceptors (Lipinski definition) is 4. The fourth-order valence-corrected chi connectivity index (χ4v) is 4.20. The van der Waals surface area contributed by atoms with E-state index >= 15 is 0 Å². The molecule has 1 fully saturated rings. The summed E-state index contributed by atoms with van der Waals surface area (Å²) < 4.78 is 11.2. The van der Waals surface area contributed by atoms with Gasteiger partial charge in [0.05, 0.1) is 19.4 Å². The van der Waals surface area contributed by atoms with Crippen molar-refractivity contribution in [2.45, 2.75) is 70.5 Å². The van der Waals surface area contributed by atoms with Gasteiger partial charge in [-0.2, -0.15) is 0 Å². The first-order chi connectivity index (χ1) is 15.6. The molecule has 1 aliphatic rings. The monoisotopic (exact) mass is 460 g/mol. The summed E-state index contributed by atoms with van der Waals surface area (Å²) in [6.45, 7) is 2.93. The van der Waals surface area contributed by atoms with Crippen LogP contribution in [-0.4, -0.2) is 35.2 Å². The van der Waals surface area contributed by atoms with Crippen molar-refractivity contribution < 1.29 is 18.7 Å². The molecule has 7 heteroatoms. The summed E-state index contributed by atoms with van der Waals surface area (Å²) in [6, 6.07) is 10.3. The fraction of sp³-hybridized carbons (Fsp3) is 0.520. The minimum Gasteiger partial charge on any atom is -0.494 e. The van der Waals surface area contributed by atoms with Crippen LogP contribution >= 0.6 is 11.6 Å². The van der Waals surface area contributed by atoms with Gasteiger partial charge in [0.1, 0.15) is 23.4 Å². The van der Waals surface area contributed by atoms with Crippen LogP contribution in [0.15, 0.2) is 47.1 Å². The zero-order valence-corrected chi connectivity index (χ0v) is 19.5. The molecule has 2 amide bonds. The van der Waals surface area contributed by atoms with E-state index < -0.39 is 6.04 Å². The highest BCUT2D eigenvalue weighted by Crippen LogP contribution is 2.27. The number of benzene rings is 1. The van der Waals surface area contributed by atoms with Crippen molar-refractivity contribution in [1.29, 1.82) is 0 Å². The Balaban J connectivity index is 1.86. The molecule has 32 heavy (non-hydrogen) atoms. The van der Waals surface area contributed by atoms with Crippen LogP contribution in [0.5, 0.6) is 5.75 Å². The van der Waals surface area contributed by atoms with E-state index in [2.05, 4.69) is 12.2 Å². The van der Waals surface area contributed by atoms with E-state index in [1.165, 1.54) is 11.3 Å². The van der Waals surface area contributed by atoms with E-state index in [4.69, 9.17) is 20.8 Å². The van der Waals surface area contributed by atoms with Gasteiger partial charge in [-0.25, -0.2) is 0 Å². The van der Waals surface area contributed by atoms with Gasteiger partial charge < -0.3 is 19.4 Å². The van der Waals surface area contributed by atoms with E-state index in [0.29, 0.717) is 17.9 Å². The topological polar surface area (TPSA) is 71.8 Å². The number of amides is 2. The van der Waals surface area contributed by atoms with Crippen LogP contribution in [0.1, 0.15) is 69.2 Å². The van der Waals surface area contributed by atoms with E-state index in [1.807, 2.05) is 24.3 Å². The molecule has 2 aromatic rings. The minimum absolute atomic E-state index is 0.131. The third-order valence-electron chi connectivity index (χ3n) is 5.81. The number of rotatable bonds is 11. The lowest BCUT2D eigenvalue weighted by Gasteiger charge is -2.32. The van der Waals surface area contributed by atoms with Crippen LogP contribution in [0.3, 0.4) is 0 Å². The Morgan fingerprint density at radius 2 is 1.94 bits per heavy atom. The Hall–Kier alpha value is -2.47. The van der Waals surface area contributed by atoms with Crippen LogP contribution < -0.4 is 10.1 Å². The number of carbonyl (C=O) groups excluding carboxylic acids is 2. The predicted molar refractivity (Wildman–Crippen MR) is 125 cm³/mol. The first-order valence-electron chi connectivity index (χ1n) is 11.5. The molecule has 0 saturated heterocycles. The fourth-order valence-electron chi connectivity index (χ4n) is 4.05. The van der Waals surface area contributed by atoms with Gasteiger partial charge in [0.2, 0.25) is 11.8 Å². The molecular weight excluding hydrogens is 428 g/mol. The Morgan fingerprint density at radius 1 is 1.19 bits per heavy atom. The number of nitrogens with zero attached hydrogens (tertiary/aromatic N) is 1. The maximum absolute atomic E-state index is 13.5. The zero-order valence-electron chi connectivity index (χ0n) is 18.7. The summed E-state index contributed by atoms with van der Waals surface area (Å²) in [7, 11) is 0. The molecule has 1 atom stereocenters. The van der Waals surface area contributed by atoms with Crippen LogP contribution in [-0.2, 0) is 16.1 Å². The average molecular weight is 461 g/mol. The molecule has 0 unspecified atom stereocenters. The molecule has 0 aliphatic heterocycles. The highest BCUT2D eigenvalue weighted by molar-refractivity contribution is 6.27. The number of hydrogen-bond donors (Lipinski definition) is 1.